The number of carbonyl (C=O) groups excluding carboxylic acids is 1. The third-order valence-corrected chi connectivity index (χ3v) is 3.75. The lowest BCUT2D eigenvalue weighted by Crippen LogP contribution is -2.49. The smallest absolute Gasteiger partial charge is 0.237 e. The summed E-state index contributed by atoms with van der Waals surface area (Å²) in [5, 5.41) is 3.07. The molecule has 4 heteroatoms. The summed E-state index contributed by atoms with van der Waals surface area (Å²) in [5.41, 5.74) is 5.83. The van der Waals surface area contributed by atoms with Gasteiger partial charge in [0.05, 0.1) is 6.04 Å². The van der Waals surface area contributed by atoms with Gasteiger partial charge in [0.1, 0.15) is 0 Å². The largest absolute Gasteiger partial charge is 0.352 e. The fourth-order valence-electron chi connectivity index (χ4n) is 2.38. The number of hydrogen-bond donors (Lipinski definition) is 2. The minimum atomic E-state index is -0.369. The summed E-state index contributed by atoms with van der Waals surface area (Å²) in [5.74, 6) is 0.865. The van der Waals surface area contributed by atoms with Gasteiger partial charge in [-0.15, -0.1) is 12.4 Å². The van der Waals surface area contributed by atoms with Crippen molar-refractivity contribution in [1.82, 2.24) is 5.32 Å². The fourth-order valence-corrected chi connectivity index (χ4v) is 2.38. The monoisotopic (exact) mass is 262 g/mol. The van der Waals surface area contributed by atoms with Gasteiger partial charge in [-0.3, -0.25) is 4.79 Å². The molecule has 1 aliphatic carbocycles. The highest BCUT2D eigenvalue weighted by atomic mass is 35.5. The molecule has 2 atom stereocenters. The number of hydrogen-bond acceptors (Lipinski definition) is 2. The molecule has 0 radical (unpaired) electrons. The number of carbonyl (C=O) groups is 1. The summed E-state index contributed by atoms with van der Waals surface area (Å²) in [6.45, 7) is 6.08. The minimum absolute atomic E-state index is 0. The SMILES string of the molecule is CC(C)[C@@H](N)C(=O)N[C@H](C)C1CCCCC1.Cl. The van der Waals surface area contributed by atoms with E-state index < -0.39 is 0 Å². The Kier molecular flexibility index (Phi) is 7.80. The van der Waals surface area contributed by atoms with Crippen LogP contribution in [0.2, 0.25) is 0 Å². The molecule has 0 aromatic heterocycles. The van der Waals surface area contributed by atoms with E-state index in [9.17, 15) is 4.79 Å². The summed E-state index contributed by atoms with van der Waals surface area (Å²) < 4.78 is 0. The van der Waals surface area contributed by atoms with Crippen molar-refractivity contribution in [3.63, 3.8) is 0 Å². The first-order valence-electron chi connectivity index (χ1n) is 6.58. The van der Waals surface area contributed by atoms with Crippen molar-refractivity contribution < 1.29 is 4.79 Å². The van der Waals surface area contributed by atoms with Gasteiger partial charge in [0, 0.05) is 6.04 Å². The molecule has 0 aromatic rings. The highest BCUT2D eigenvalue weighted by Crippen LogP contribution is 2.26. The van der Waals surface area contributed by atoms with Crippen LogP contribution < -0.4 is 11.1 Å². The van der Waals surface area contributed by atoms with Gasteiger partial charge in [-0.25, -0.2) is 0 Å². The van der Waals surface area contributed by atoms with E-state index in [0.717, 1.165) is 0 Å². The molecule has 1 aliphatic rings. The average Bonchev–Trinajstić information content (AvgIpc) is 2.28. The number of nitrogens with two attached hydrogens (primary N) is 1. The van der Waals surface area contributed by atoms with Gasteiger partial charge in [-0.2, -0.15) is 0 Å². The van der Waals surface area contributed by atoms with Gasteiger partial charge >= 0.3 is 0 Å². The Morgan fingerprint density at radius 2 is 1.71 bits per heavy atom. The van der Waals surface area contributed by atoms with Crippen molar-refractivity contribution >= 4 is 18.3 Å². The molecule has 0 heterocycles. The van der Waals surface area contributed by atoms with Crippen LogP contribution in [0, 0.1) is 11.8 Å². The number of rotatable bonds is 4. The highest BCUT2D eigenvalue weighted by molar-refractivity contribution is 5.85. The molecule has 0 aromatic carbocycles. The lowest BCUT2D eigenvalue weighted by Gasteiger charge is -2.29. The van der Waals surface area contributed by atoms with Gasteiger partial charge in [-0.05, 0) is 31.6 Å². The van der Waals surface area contributed by atoms with E-state index in [0.29, 0.717) is 5.92 Å². The van der Waals surface area contributed by atoms with Crippen LogP contribution in [0.3, 0.4) is 0 Å². The van der Waals surface area contributed by atoms with E-state index >= 15 is 0 Å². The first kappa shape index (κ1) is 16.7. The summed E-state index contributed by atoms with van der Waals surface area (Å²) in [4.78, 5) is 11.8. The maximum atomic E-state index is 11.8. The molecule has 1 fully saturated rings. The van der Waals surface area contributed by atoms with E-state index in [1.165, 1.54) is 32.1 Å². The van der Waals surface area contributed by atoms with Gasteiger partial charge in [0.15, 0.2) is 0 Å². The molecule has 1 saturated carbocycles. The van der Waals surface area contributed by atoms with Crippen LogP contribution in [-0.2, 0) is 4.79 Å². The van der Waals surface area contributed by atoms with E-state index in [1.807, 2.05) is 13.8 Å². The molecule has 17 heavy (non-hydrogen) atoms. The van der Waals surface area contributed by atoms with Crippen LogP contribution in [0.4, 0.5) is 0 Å². The Bertz CT molecular complexity index is 227. The summed E-state index contributed by atoms with van der Waals surface area (Å²) in [7, 11) is 0. The van der Waals surface area contributed by atoms with Gasteiger partial charge in [-0.1, -0.05) is 33.1 Å². The summed E-state index contributed by atoms with van der Waals surface area (Å²) >= 11 is 0. The van der Waals surface area contributed by atoms with E-state index in [-0.39, 0.29) is 36.3 Å². The third kappa shape index (κ3) is 5.26. The maximum absolute atomic E-state index is 11.8. The molecule has 3 nitrogen and oxygen atoms in total. The first-order chi connectivity index (χ1) is 7.52. The first-order valence-corrected chi connectivity index (χ1v) is 6.58. The van der Waals surface area contributed by atoms with Crippen LogP contribution in [0.25, 0.3) is 0 Å². The van der Waals surface area contributed by atoms with Crippen LogP contribution in [0.1, 0.15) is 52.9 Å². The number of amides is 1. The Labute approximate surface area is 111 Å². The molecule has 0 saturated heterocycles. The van der Waals surface area contributed by atoms with Crippen molar-refractivity contribution in [3.8, 4) is 0 Å². The van der Waals surface area contributed by atoms with E-state index in [1.54, 1.807) is 0 Å². The molecular weight excluding hydrogens is 236 g/mol. The zero-order valence-electron chi connectivity index (χ0n) is 11.2. The molecule has 1 rings (SSSR count). The topological polar surface area (TPSA) is 55.1 Å². The molecule has 0 aliphatic heterocycles. The minimum Gasteiger partial charge on any atom is -0.352 e. The maximum Gasteiger partial charge on any atom is 0.237 e. The van der Waals surface area contributed by atoms with E-state index in [4.69, 9.17) is 5.73 Å². The van der Waals surface area contributed by atoms with Gasteiger partial charge in [0.2, 0.25) is 5.91 Å². The van der Waals surface area contributed by atoms with Crippen molar-refractivity contribution in [3.05, 3.63) is 0 Å². The molecule has 0 bridgehead atoms. The quantitative estimate of drug-likeness (QED) is 0.818. The average molecular weight is 263 g/mol. The second-order valence-corrected chi connectivity index (χ2v) is 5.47. The second-order valence-electron chi connectivity index (χ2n) is 5.47. The van der Waals surface area contributed by atoms with Gasteiger partial charge < -0.3 is 11.1 Å². The number of halogens is 1. The van der Waals surface area contributed by atoms with Crippen LogP contribution in [0.5, 0.6) is 0 Å². The Balaban J connectivity index is 0.00000256. The Morgan fingerprint density at radius 3 is 2.18 bits per heavy atom. The second kappa shape index (κ2) is 7.93. The number of nitrogens with one attached hydrogen (secondary N) is 1. The Morgan fingerprint density at radius 1 is 1.18 bits per heavy atom. The Hall–Kier alpha value is -0.280. The van der Waals surface area contributed by atoms with Crippen LogP contribution in [0.15, 0.2) is 0 Å². The standard InChI is InChI=1S/C13H26N2O.ClH/c1-9(2)12(14)13(16)15-10(3)11-7-5-4-6-8-11;/h9-12H,4-8,14H2,1-3H3,(H,15,16);1H/t10-,12-;/m1./s1. The van der Waals surface area contributed by atoms with Crippen LogP contribution >= 0.6 is 12.4 Å². The summed E-state index contributed by atoms with van der Waals surface area (Å²) in [6.07, 6.45) is 6.46. The van der Waals surface area contributed by atoms with Crippen molar-refractivity contribution in [2.45, 2.75) is 65.0 Å². The van der Waals surface area contributed by atoms with Crippen molar-refractivity contribution in [2.24, 2.45) is 17.6 Å². The van der Waals surface area contributed by atoms with Crippen molar-refractivity contribution in [2.75, 3.05) is 0 Å². The van der Waals surface area contributed by atoms with Crippen molar-refractivity contribution in [1.29, 1.82) is 0 Å². The lowest BCUT2D eigenvalue weighted by molar-refractivity contribution is -0.124. The van der Waals surface area contributed by atoms with E-state index in [2.05, 4.69) is 12.2 Å². The molecule has 1 amide bonds. The molecule has 0 spiro atoms. The molecular formula is C13H27ClN2O. The third-order valence-electron chi connectivity index (χ3n) is 3.75. The zero-order valence-corrected chi connectivity index (χ0v) is 12.1. The highest BCUT2D eigenvalue weighted by Gasteiger charge is 2.24. The fraction of sp³-hybridized carbons (Fsp3) is 0.923. The lowest BCUT2D eigenvalue weighted by atomic mass is 9.84. The van der Waals surface area contributed by atoms with Crippen LogP contribution in [-0.4, -0.2) is 18.0 Å². The normalized spacial score (nSPS) is 20.5. The zero-order chi connectivity index (χ0) is 12.1. The molecule has 102 valence electrons. The summed E-state index contributed by atoms with van der Waals surface area (Å²) in [6, 6.07) is -0.0939. The predicted octanol–water partition coefficient (Wildman–Crippen LogP) is 2.48. The molecule has 3 N–H and O–H groups in total. The molecule has 0 unspecified atom stereocenters. The van der Waals surface area contributed by atoms with Gasteiger partial charge in [0.25, 0.3) is 0 Å². The predicted molar refractivity (Wildman–Crippen MR) is 74.2 cm³/mol.